The number of hydrogen-bond donors (Lipinski definition) is 1. The van der Waals surface area contributed by atoms with Crippen LogP contribution in [-0.4, -0.2) is 24.9 Å². The lowest BCUT2D eigenvalue weighted by molar-refractivity contribution is -0.242. The van der Waals surface area contributed by atoms with Crippen LogP contribution in [0.1, 0.15) is 12.8 Å². The molecule has 3 rings (SSSR count). The topological polar surface area (TPSA) is 35.2 Å². The van der Waals surface area contributed by atoms with Crippen molar-refractivity contribution in [3.63, 3.8) is 0 Å². The minimum atomic E-state index is -4.12. The summed E-state index contributed by atoms with van der Waals surface area (Å²) in [4.78, 5) is 0. The molecule has 2 bridgehead atoms. The second-order valence-electron chi connectivity index (χ2n) is 3.81. The fourth-order valence-electron chi connectivity index (χ4n) is 2.16. The number of rotatable bonds is 1. The highest BCUT2D eigenvalue weighted by molar-refractivity contribution is 5.85. The molecule has 0 atom stereocenters. The van der Waals surface area contributed by atoms with Crippen LogP contribution in [0.3, 0.4) is 0 Å². The van der Waals surface area contributed by atoms with Crippen LogP contribution >= 0.6 is 12.4 Å². The molecule has 78 valence electrons. The first-order valence-electron chi connectivity index (χ1n) is 3.84. The number of halogens is 4. The van der Waals surface area contributed by atoms with Crippen LogP contribution in [0.4, 0.5) is 13.2 Å². The van der Waals surface area contributed by atoms with Gasteiger partial charge in [0.05, 0.1) is 17.6 Å². The minimum absolute atomic E-state index is 0. The standard InChI is InChI=1S/C7H10F3NO.ClH/c8-7(9,10)5-1-6(2-5,3-11)12-4-5;/h1-4,11H2;1H. The molecule has 0 unspecified atom stereocenters. The van der Waals surface area contributed by atoms with Crippen molar-refractivity contribution >= 4 is 12.4 Å². The van der Waals surface area contributed by atoms with Crippen LogP contribution in [0, 0.1) is 5.41 Å². The van der Waals surface area contributed by atoms with Gasteiger partial charge in [0.1, 0.15) is 0 Å². The lowest BCUT2D eigenvalue weighted by Gasteiger charge is -2.44. The Kier molecular flexibility index (Phi) is 2.34. The van der Waals surface area contributed by atoms with Crippen LogP contribution in [0.25, 0.3) is 0 Å². The van der Waals surface area contributed by atoms with E-state index in [1.807, 2.05) is 0 Å². The molecule has 2 saturated heterocycles. The Bertz CT molecular complexity index is 212. The summed E-state index contributed by atoms with van der Waals surface area (Å²) in [5.41, 5.74) is 3.11. The maximum absolute atomic E-state index is 12.4. The number of nitrogens with two attached hydrogens (primary N) is 1. The minimum Gasteiger partial charge on any atom is -0.373 e. The normalized spacial score (nSPS) is 42.5. The summed E-state index contributed by atoms with van der Waals surface area (Å²) in [5, 5.41) is 0. The zero-order valence-corrected chi connectivity index (χ0v) is 7.67. The van der Waals surface area contributed by atoms with Crippen LogP contribution in [0.5, 0.6) is 0 Å². The van der Waals surface area contributed by atoms with E-state index in [1.165, 1.54) is 0 Å². The van der Waals surface area contributed by atoms with Crippen molar-refractivity contribution in [2.45, 2.75) is 24.6 Å². The van der Waals surface area contributed by atoms with Crippen LogP contribution in [0.15, 0.2) is 0 Å². The van der Waals surface area contributed by atoms with Gasteiger partial charge in [-0.05, 0) is 12.8 Å². The molecule has 0 spiro atoms. The zero-order chi connectivity index (χ0) is 9.04. The molecule has 3 aliphatic rings. The van der Waals surface area contributed by atoms with E-state index in [0.29, 0.717) is 0 Å². The predicted octanol–water partition coefficient (Wildman–Crippen LogP) is 1.48. The number of fused-ring (bicyclic) bond motifs is 1. The second-order valence-corrected chi connectivity index (χ2v) is 3.81. The third kappa shape index (κ3) is 1.25. The van der Waals surface area contributed by atoms with Gasteiger partial charge in [0, 0.05) is 6.54 Å². The average molecular weight is 218 g/mol. The molecule has 13 heavy (non-hydrogen) atoms. The summed E-state index contributed by atoms with van der Waals surface area (Å²) < 4.78 is 42.2. The smallest absolute Gasteiger partial charge is 0.373 e. The molecule has 0 aromatic carbocycles. The lowest BCUT2D eigenvalue weighted by atomic mass is 9.62. The summed E-state index contributed by atoms with van der Waals surface area (Å²) >= 11 is 0. The molecule has 2 aliphatic heterocycles. The lowest BCUT2D eigenvalue weighted by Crippen LogP contribution is -2.55. The Morgan fingerprint density at radius 1 is 1.31 bits per heavy atom. The summed E-state index contributed by atoms with van der Waals surface area (Å²) in [6, 6.07) is 0. The van der Waals surface area contributed by atoms with E-state index in [1.54, 1.807) is 0 Å². The molecular formula is C7H11ClF3NO. The molecule has 0 radical (unpaired) electrons. The third-order valence-corrected chi connectivity index (χ3v) is 2.95. The predicted molar refractivity (Wildman–Crippen MR) is 42.7 cm³/mol. The third-order valence-electron chi connectivity index (χ3n) is 2.95. The van der Waals surface area contributed by atoms with Crippen LogP contribution in [0.2, 0.25) is 0 Å². The first kappa shape index (κ1) is 11.1. The molecule has 0 amide bonds. The number of alkyl halides is 3. The Balaban J connectivity index is 0.000000845. The van der Waals surface area contributed by atoms with E-state index in [9.17, 15) is 13.2 Å². The SMILES string of the molecule is Cl.NCC12CC(C(F)(F)F)(CO1)C2. The quantitative estimate of drug-likeness (QED) is 0.722. The van der Waals surface area contributed by atoms with Crippen molar-refractivity contribution in [2.24, 2.45) is 11.1 Å². The fourth-order valence-corrected chi connectivity index (χ4v) is 2.16. The number of hydrogen-bond acceptors (Lipinski definition) is 2. The van der Waals surface area contributed by atoms with E-state index in [2.05, 4.69) is 0 Å². The molecule has 2 N–H and O–H groups in total. The Morgan fingerprint density at radius 2 is 1.85 bits per heavy atom. The Hall–Kier alpha value is -0.0000000000000000486. The van der Waals surface area contributed by atoms with Gasteiger partial charge >= 0.3 is 6.18 Å². The second kappa shape index (κ2) is 2.74. The van der Waals surface area contributed by atoms with E-state index in [-0.39, 0.29) is 38.4 Å². The van der Waals surface area contributed by atoms with Crippen molar-refractivity contribution in [1.82, 2.24) is 0 Å². The van der Waals surface area contributed by atoms with Crippen LogP contribution < -0.4 is 5.73 Å². The molecule has 0 aromatic heterocycles. The highest BCUT2D eigenvalue weighted by Gasteiger charge is 2.73. The van der Waals surface area contributed by atoms with Crippen molar-refractivity contribution in [1.29, 1.82) is 0 Å². The average Bonchev–Trinajstić information content (AvgIpc) is 2.37. The maximum Gasteiger partial charge on any atom is 0.396 e. The summed E-state index contributed by atoms with van der Waals surface area (Å²) in [7, 11) is 0. The molecule has 2 nitrogen and oxygen atoms in total. The van der Waals surface area contributed by atoms with E-state index in [0.717, 1.165) is 0 Å². The van der Waals surface area contributed by atoms with Gasteiger partial charge in [-0.2, -0.15) is 13.2 Å². The largest absolute Gasteiger partial charge is 0.396 e. The van der Waals surface area contributed by atoms with Gasteiger partial charge in [0.2, 0.25) is 0 Å². The Morgan fingerprint density at radius 3 is 2.08 bits per heavy atom. The van der Waals surface area contributed by atoms with Gasteiger partial charge in [-0.3, -0.25) is 0 Å². The van der Waals surface area contributed by atoms with Crippen LogP contribution in [-0.2, 0) is 4.74 Å². The van der Waals surface area contributed by atoms with E-state index in [4.69, 9.17) is 10.5 Å². The fraction of sp³-hybridized carbons (Fsp3) is 1.00. The summed E-state index contributed by atoms with van der Waals surface area (Å²) in [6.07, 6.45) is -4.01. The monoisotopic (exact) mass is 217 g/mol. The van der Waals surface area contributed by atoms with Crippen molar-refractivity contribution in [3.8, 4) is 0 Å². The Labute approximate surface area is 80.0 Å². The van der Waals surface area contributed by atoms with Crippen molar-refractivity contribution < 1.29 is 17.9 Å². The van der Waals surface area contributed by atoms with Gasteiger partial charge in [-0.1, -0.05) is 0 Å². The zero-order valence-electron chi connectivity index (χ0n) is 6.86. The van der Waals surface area contributed by atoms with Gasteiger partial charge in [0.25, 0.3) is 0 Å². The summed E-state index contributed by atoms with van der Waals surface area (Å²) in [6.45, 7) is -0.00146. The van der Waals surface area contributed by atoms with Gasteiger partial charge < -0.3 is 10.5 Å². The molecule has 6 heteroatoms. The molecule has 3 fully saturated rings. The maximum atomic E-state index is 12.4. The highest BCUT2D eigenvalue weighted by atomic mass is 35.5. The first-order chi connectivity index (χ1) is 5.43. The summed E-state index contributed by atoms with van der Waals surface area (Å²) in [5.74, 6) is 0. The first-order valence-corrected chi connectivity index (χ1v) is 3.84. The van der Waals surface area contributed by atoms with Gasteiger partial charge in [0.15, 0.2) is 0 Å². The van der Waals surface area contributed by atoms with E-state index >= 15 is 0 Å². The molecule has 1 saturated carbocycles. The van der Waals surface area contributed by atoms with Crippen molar-refractivity contribution in [2.75, 3.05) is 13.2 Å². The molecular weight excluding hydrogens is 207 g/mol. The van der Waals surface area contributed by atoms with Crippen molar-refractivity contribution in [3.05, 3.63) is 0 Å². The van der Waals surface area contributed by atoms with Gasteiger partial charge in [-0.25, -0.2) is 0 Å². The van der Waals surface area contributed by atoms with E-state index < -0.39 is 17.2 Å². The molecule has 1 aliphatic carbocycles. The van der Waals surface area contributed by atoms with Gasteiger partial charge in [-0.15, -0.1) is 12.4 Å². The molecule has 0 aromatic rings. The molecule has 2 heterocycles. The number of ether oxygens (including phenoxy) is 1. The highest BCUT2D eigenvalue weighted by Crippen LogP contribution is 2.64.